The van der Waals surface area contributed by atoms with Gasteiger partial charge in [0.1, 0.15) is 30.1 Å². The van der Waals surface area contributed by atoms with Gasteiger partial charge in [0, 0.05) is 6.20 Å². The molecule has 3 heterocycles. The molecule has 3 rings (SSSR count). The number of hydrogen-bond donors (Lipinski definition) is 5. The van der Waals surface area contributed by atoms with Gasteiger partial charge in [0.15, 0.2) is 6.23 Å². The second kappa shape index (κ2) is 6.86. The second-order valence-corrected chi connectivity index (χ2v) is 5.64. The predicted molar refractivity (Wildman–Crippen MR) is 81.4 cm³/mol. The van der Waals surface area contributed by atoms with Crippen molar-refractivity contribution in [3.8, 4) is 0 Å². The highest BCUT2D eigenvalue weighted by molar-refractivity contribution is 6.14. The molecular formula is C15H17N3O7. The van der Waals surface area contributed by atoms with E-state index in [-0.39, 0.29) is 5.70 Å². The Hall–Kier alpha value is -2.37. The maximum absolute atomic E-state index is 12.5. The molecule has 10 heteroatoms. The van der Waals surface area contributed by atoms with Gasteiger partial charge in [0.2, 0.25) is 0 Å². The van der Waals surface area contributed by atoms with Gasteiger partial charge in [-0.15, -0.1) is 0 Å². The highest BCUT2D eigenvalue weighted by Crippen LogP contribution is 2.27. The smallest absolute Gasteiger partial charge is 0.331 e. The molecule has 2 aliphatic heterocycles. The first-order valence-corrected chi connectivity index (χ1v) is 7.52. The van der Waals surface area contributed by atoms with Gasteiger partial charge in [0.05, 0.1) is 12.3 Å². The zero-order chi connectivity index (χ0) is 18.1. The third-order valence-electron chi connectivity index (χ3n) is 4.01. The Morgan fingerprint density at radius 2 is 1.96 bits per heavy atom. The lowest BCUT2D eigenvalue weighted by atomic mass is 9.98. The van der Waals surface area contributed by atoms with Gasteiger partial charge in [-0.25, -0.2) is 9.69 Å². The molecule has 2 aliphatic rings. The summed E-state index contributed by atoms with van der Waals surface area (Å²) in [5, 5.41) is 41.2. The molecule has 0 unspecified atom stereocenters. The molecule has 0 aliphatic carbocycles. The van der Waals surface area contributed by atoms with E-state index >= 15 is 0 Å². The minimum absolute atomic E-state index is 0.0827. The van der Waals surface area contributed by atoms with Crippen LogP contribution in [0.3, 0.4) is 0 Å². The Balaban J connectivity index is 1.86. The van der Waals surface area contributed by atoms with Crippen LogP contribution in [0.25, 0.3) is 6.08 Å². The fourth-order valence-corrected chi connectivity index (χ4v) is 2.68. The van der Waals surface area contributed by atoms with Gasteiger partial charge < -0.3 is 30.5 Å². The fourth-order valence-electron chi connectivity index (χ4n) is 2.68. The summed E-state index contributed by atoms with van der Waals surface area (Å²) in [6, 6.07) is 4.16. The average Bonchev–Trinajstić information content (AvgIpc) is 2.88. The monoisotopic (exact) mass is 351 g/mol. The number of amides is 3. The Bertz CT molecular complexity index is 694. The van der Waals surface area contributed by atoms with E-state index < -0.39 is 49.2 Å². The summed E-state index contributed by atoms with van der Waals surface area (Å²) in [5.41, 5.74) is 0.350. The van der Waals surface area contributed by atoms with Crippen LogP contribution in [0.5, 0.6) is 0 Å². The molecule has 5 atom stereocenters. The summed E-state index contributed by atoms with van der Waals surface area (Å²) in [6.45, 7) is -0.665. The van der Waals surface area contributed by atoms with E-state index in [9.17, 15) is 30.0 Å². The molecular weight excluding hydrogens is 334 g/mol. The number of aliphatic hydroxyl groups excluding tert-OH is 4. The van der Waals surface area contributed by atoms with Crippen LogP contribution in [-0.4, -0.2) is 79.5 Å². The number of ether oxygens (including phenoxy) is 1. The molecule has 5 N–H and O–H groups in total. The van der Waals surface area contributed by atoms with Crippen LogP contribution in [-0.2, 0) is 9.53 Å². The maximum Gasteiger partial charge on any atom is 0.331 e. The van der Waals surface area contributed by atoms with Crippen molar-refractivity contribution in [2.24, 2.45) is 0 Å². The van der Waals surface area contributed by atoms with Crippen molar-refractivity contribution in [2.45, 2.75) is 30.6 Å². The molecule has 134 valence electrons. The molecule has 0 spiro atoms. The number of aromatic nitrogens is 1. The van der Waals surface area contributed by atoms with Crippen LogP contribution < -0.4 is 5.32 Å². The highest BCUT2D eigenvalue weighted by Gasteiger charge is 2.51. The van der Waals surface area contributed by atoms with Gasteiger partial charge in [-0.3, -0.25) is 9.78 Å². The number of nitrogens with zero attached hydrogens (tertiary/aromatic N) is 2. The summed E-state index contributed by atoms with van der Waals surface area (Å²) in [7, 11) is 0. The van der Waals surface area contributed by atoms with Crippen molar-refractivity contribution in [1.29, 1.82) is 0 Å². The lowest BCUT2D eigenvalue weighted by Crippen LogP contribution is -2.64. The Morgan fingerprint density at radius 1 is 1.20 bits per heavy atom. The number of imide groups is 1. The molecule has 25 heavy (non-hydrogen) atoms. The molecule has 0 aromatic carbocycles. The molecule has 1 aromatic rings. The fraction of sp³-hybridized carbons (Fsp3) is 0.400. The number of aliphatic hydroxyl groups is 4. The Morgan fingerprint density at radius 3 is 2.60 bits per heavy atom. The third kappa shape index (κ3) is 3.13. The topological polar surface area (TPSA) is 152 Å². The van der Waals surface area contributed by atoms with Crippen LogP contribution >= 0.6 is 0 Å². The molecule has 2 saturated heterocycles. The zero-order valence-electron chi connectivity index (χ0n) is 12.9. The predicted octanol–water partition coefficient (Wildman–Crippen LogP) is -2.23. The number of rotatable bonds is 3. The third-order valence-corrected chi connectivity index (χ3v) is 4.01. The Labute approximate surface area is 142 Å². The van der Waals surface area contributed by atoms with Gasteiger partial charge in [-0.1, -0.05) is 6.07 Å². The van der Waals surface area contributed by atoms with Crippen molar-refractivity contribution in [2.75, 3.05) is 6.61 Å². The van der Waals surface area contributed by atoms with Crippen molar-refractivity contribution >= 4 is 18.0 Å². The van der Waals surface area contributed by atoms with E-state index in [0.717, 1.165) is 0 Å². The first kappa shape index (κ1) is 17.5. The van der Waals surface area contributed by atoms with Gasteiger partial charge in [0.25, 0.3) is 5.91 Å². The van der Waals surface area contributed by atoms with Crippen LogP contribution in [0, 0.1) is 0 Å². The summed E-state index contributed by atoms with van der Waals surface area (Å²) in [4.78, 5) is 29.3. The van der Waals surface area contributed by atoms with E-state index in [1.54, 1.807) is 18.2 Å². The van der Waals surface area contributed by atoms with Crippen molar-refractivity contribution in [1.82, 2.24) is 15.2 Å². The number of nitrogens with one attached hydrogen (secondary N) is 1. The Kier molecular flexibility index (Phi) is 4.79. The SMILES string of the molecule is O=C1N/C(=C/c2ccccn2)C(=O)N1[C@@H]1O[C@H](CO)[C@H](O)[C@H](O)[C@H]1O. The molecule has 3 amide bonds. The average molecular weight is 351 g/mol. The largest absolute Gasteiger partial charge is 0.394 e. The lowest BCUT2D eigenvalue weighted by molar-refractivity contribution is -0.253. The molecule has 10 nitrogen and oxygen atoms in total. The van der Waals surface area contributed by atoms with Gasteiger partial charge in [-0.2, -0.15) is 0 Å². The lowest BCUT2D eigenvalue weighted by Gasteiger charge is -2.42. The molecule has 2 fully saturated rings. The van der Waals surface area contributed by atoms with E-state index in [0.29, 0.717) is 10.6 Å². The van der Waals surface area contributed by atoms with Crippen LogP contribution in [0.2, 0.25) is 0 Å². The summed E-state index contributed by atoms with van der Waals surface area (Å²) in [6.07, 6.45) is -4.93. The normalized spacial score (nSPS) is 34.5. The van der Waals surface area contributed by atoms with E-state index in [1.165, 1.54) is 12.3 Å². The zero-order valence-corrected chi connectivity index (χ0v) is 12.9. The van der Waals surface area contributed by atoms with E-state index in [1.807, 2.05) is 0 Å². The molecule has 1 aromatic heterocycles. The minimum atomic E-state index is -1.73. The summed E-state index contributed by atoms with van der Waals surface area (Å²) < 4.78 is 5.25. The number of carbonyl (C=O) groups excluding carboxylic acids is 2. The molecule has 0 saturated carbocycles. The van der Waals surface area contributed by atoms with Crippen molar-refractivity contribution < 1.29 is 34.8 Å². The minimum Gasteiger partial charge on any atom is -0.394 e. The van der Waals surface area contributed by atoms with Crippen LogP contribution in [0.1, 0.15) is 5.69 Å². The van der Waals surface area contributed by atoms with Crippen molar-refractivity contribution in [3.63, 3.8) is 0 Å². The van der Waals surface area contributed by atoms with Crippen LogP contribution in [0.4, 0.5) is 4.79 Å². The van der Waals surface area contributed by atoms with E-state index in [4.69, 9.17) is 4.74 Å². The number of hydrogen-bond acceptors (Lipinski definition) is 8. The summed E-state index contributed by atoms with van der Waals surface area (Å²) >= 11 is 0. The first-order chi connectivity index (χ1) is 11.9. The molecule has 0 radical (unpaired) electrons. The number of urea groups is 1. The van der Waals surface area contributed by atoms with Crippen LogP contribution in [0.15, 0.2) is 30.1 Å². The van der Waals surface area contributed by atoms with Gasteiger partial charge in [-0.05, 0) is 18.2 Å². The van der Waals surface area contributed by atoms with E-state index in [2.05, 4.69) is 10.3 Å². The maximum atomic E-state index is 12.5. The van der Waals surface area contributed by atoms with Gasteiger partial charge >= 0.3 is 6.03 Å². The molecule has 0 bridgehead atoms. The highest BCUT2D eigenvalue weighted by atomic mass is 16.6. The number of carbonyl (C=O) groups is 2. The second-order valence-electron chi connectivity index (χ2n) is 5.64. The quantitative estimate of drug-likeness (QED) is 0.303. The standard InChI is InChI=1S/C15H17N3O7/c19-6-9-10(20)11(21)12(22)14(25-9)18-13(23)8(17-15(18)24)5-7-3-1-2-4-16-7/h1-5,9-12,14,19-22H,6H2,(H,17,24)/b8-5+/t9-,10+,11+,12-,14-/m1/s1. The number of pyridine rings is 1. The van der Waals surface area contributed by atoms with Crippen molar-refractivity contribution in [3.05, 3.63) is 35.8 Å². The first-order valence-electron chi connectivity index (χ1n) is 7.52. The summed E-state index contributed by atoms with van der Waals surface area (Å²) in [5.74, 6) is -0.792.